The summed E-state index contributed by atoms with van der Waals surface area (Å²) in [7, 11) is 1.62. The Hall–Kier alpha value is -2.10. The predicted octanol–water partition coefficient (Wildman–Crippen LogP) is 2.77. The van der Waals surface area contributed by atoms with Crippen LogP contribution in [0.4, 0.5) is 0 Å². The molecule has 0 unspecified atom stereocenters. The van der Waals surface area contributed by atoms with E-state index in [0.717, 1.165) is 29.5 Å². The molecule has 0 fully saturated rings. The maximum atomic E-state index is 11.9. The average molecular weight is 258 g/mol. The predicted molar refractivity (Wildman–Crippen MR) is 75.5 cm³/mol. The molecule has 1 N–H and O–H groups in total. The Labute approximate surface area is 112 Å². The Morgan fingerprint density at radius 2 is 2.21 bits per heavy atom. The lowest BCUT2D eigenvalue weighted by molar-refractivity contribution is 0.0953. The van der Waals surface area contributed by atoms with Crippen LogP contribution in [-0.2, 0) is 0 Å². The lowest BCUT2D eigenvalue weighted by atomic mass is 10.1. The van der Waals surface area contributed by atoms with Crippen LogP contribution in [0.25, 0.3) is 10.9 Å². The van der Waals surface area contributed by atoms with Crippen molar-refractivity contribution < 1.29 is 9.53 Å². The van der Waals surface area contributed by atoms with Crippen LogP contribution in [0.3, 0.4) is 0 Å². The maximum Gasteiger partial charge on any atom is 0.252 e. The molecular formula is C15H18N2O2. The number of nitrogens with one attached hydrogen (secondary N) is 1. The largest absolute Gasteiger partial charge is 0.497 e. The molecule has 1 amide bonds. The minimum atomic E-state index is -0.0781. The molecule has 0 radical (unpaired) electrons. The summed E-state index contributed by atoms with van der Waals surface area (Å²) in [5, 5.41) is 3.79. The van der Waals surface area contributed by atoms with Crippen molar-refractivity contribution in [2.24, 2.45) is 0 Å². The van der Waals surface area contributed by atoms with E-state index in [0.29, 0.717) is 12.1 Å². The second-order valence-corrected chi connectivity index (χ2v) is 4.39. The number of carbonyl (C=O) groups excluding carboxylic acids is 1. The molecule has 2 aromatic rings. The van der Waals surface area contributed by atoms with E-state index < -0.39 is 0 Å². The maximum absolute atomic E-state index is 11.9. The van der Waals surface area contributed by atoms with Gasteiger partial charge >= 0.3 is 0 Å². The van der Waals surface area contributed by atoms with Gasteiger partial charge in [0.1, 0.15) is 5.75 Å². The zero-order valence-electron chi connectivity index (χ0n) is 11.3. The van der Waals surface area contributed by atoms with Gasteiger partial charge in [-0.15, -0.1) is 0 Å². The first-order valence-electron chi connectivity index (χ1n) is 6.46. The summed E-state index contributed by atoms with van der Waals surface area (Å²) in [6.45, 7) is 2.79. The van der Waals surface area contributed by atoms with Crippen LogP contribution < -0.4 is 10.1 Å². The third kappa shape index (κ3) is 3.22. The van der Waals surface area contributed by atoms with Gasteiger partial charge < -0.3 is 10.1 Å². The summed E-state index contributed by atoms with van der Waals surface area (Å²) in [6.07, 6.45) is 3.66. The number of pyridine rings is 1. The van der Waals surface area contributed by atoms with E-state index in [9.17, 15) is 4.79 Å². The molecule has 4 nitrogen and oxygen atoms in total. The number of ether oxygens (including phenoxy) is 1. The Morgan fingerprint density at radius 1 is 1.37 bits per heavy atom. The quantitative estimate of drug-likeness (QED) is 0.839. The molecular weight excluding hydrogens is 240 g/mol. The van der Waals surface area contributed by atoms with Crippen LogP contribution in [0.1, 0.15) is 30.1 Å². The van der Waals surface area contributed by atoms with Crippen molar-refractivity contribution in [3.63, 3.8) is 0 Å². The fraction of sp³-hybridized carbons (Fsp3) is 0.333. The van der Waals surface area contributed by atoms with Gasteiger partial charge in [0.25, 0.3) is 5.91 Å². The third-order valence-corrected chi connectivity index (χ3v) is 2.97. The smallest absolute Gasteiger partial charge is 0.252 e. The van der Waals surface area contributed by atoms with Crippen molar-refractivity contribution in [1.29, 1.82) is 0 Å². The van der Waals surface area contributed by atoms with Crippen molar-refractivity contribution in [2.45, 2.75) is 19.8 Å². The Bertz CT molecular complexity index is 581. The molecule has 1 aromatic carbocycles. The Balaban J connectivity index is 2.22. The highest BCUT2D eigenvalue weighted by Crippen LogP contribution is 2.19. The molecule has 4 heteroatoms. The van der Waals surface area contributed by atoms with Gasteiger partial charge in [-0.1, -0.05) is 13.3 Å². The van der Waals surface area contributed by atoms with Gasteiger partial charge in [0, 0.05) is 18.1 Å². The zero-order chi connectivity index (χ0) is 13.7. The summed E-state index contributed by atoms with van der Waals surface area (Å²) < 4.78 is 5.17. The van der Waals surface area contributed by atoms with E-state index in [2.05, 4.69) is 17.2 Å². The number of benzene rings is 1. The fourth-order valence-electron chi connectivity index (χ4n) is 1.84. The van der Waals surface area contributed by atoms with Gasteiger partial charge in [-0.2, -0.15) is 0 Å². The number of amides is 1. The third-order valence-electron chi connectivity index (χ3n) is 2.97. The first-order valence-corrected chi connectivity index (χ1v) is 6.46. The van der Waals surface area contributed by atoms with E-state index in [1.807, 2.05) is 24.3 Å². The second kappa shape index (κ2) is 6.18. The van der Waals surface area contributed by atoms with Gasteiger partial charge in [-0.05, 0) is 30.7 Å². The van der Waals surface area contributed by atoms with E-state index in [-0.39, 0.29) is 5.91 Å². The van der Waals surface area contributed by atoms with Crippen molar-refractivity contribution in [3.05, 3.63) is 36.0 Å². The molecule has 0 aliphatic heterocycles. The number of methoxy groups -OCH3 is 1. The van der Waals surface area contributed by atoms with Crippen LogP contribution in [0.2, 0.25) is 0 Å². The Morgan fingerprint density at radius 3 is 2.95 bits per heavy atom. The normalized spacial score (nSPS) is 10.4. The lowest BCUT2D eigenvalue weighted by Crippen LogP contribution is -2.24. The summed E-state index contributed by atoms with van der Waals surface area (Å²) in [5.74, 6) is 0.684. The van der Waals surface area contributed by atoms with E-state index in [4.69, 9.17) is 4.74 Å². The van der Waals surface area contributed by atoms with Gasteiger partial charge in [0.05, 0.1) is 18.2 Å². The molecule has 0 saturated carbocycles. The molecule has 1 heterocycles. The molecule has 0 saturated heterocycles. The summed E-state index contributed by atoms with van der Waals surface area (Å²) in [6, 6.07) is 7.46. The van der Waals surface area contributed by atoms with Crippen molar-refractivity contribution in [1.82, 2.24) is 10.3 Å². The minimum Gasteiger partial charge on any atom is -0.497 e. The molecule has 0 aliphatic carbocycles. The molecule has 100 valence electrons. The number of fused-ring (bicyclic) bond motifs is 1. The van der Waals surface area contributed by atoms with Crippen molar-refractivity contribution in [2.75, 3.05) is 13.7 Å². The van der Waals surface area contributed by atoms with Crippen molar-refractivity contribution >= 4 is 16.8 Å². The SMILES string of the molecule is CCCCNC(=O)c1cnc2ccc(OC)cc2c1. The topological polar surface area (TPSA) is 51.2 Å². The summed E-state index contributed by atoms with van der Waals surface area (Å²) >= 11 is 0. The van der Waals surface area contributed by atoms with E-state index >= 15 is 0 Å². The molecule has 0 aliphatic rings. The van der Waals surface area contributed by atoms with Crippen molar-refractivity contribution in [3.8, 4) is 5.75 Å². The number of carbonyl (C=O) groups is 1. The van der Waals surface area contributed by atoms with Crippen LogP contribution in [-0.4, -0.2) is 24.5 Å². The van der Waals surface area contributed by atoms with E-state index in [1.165, 1.54) is 0 Å². The van der Waals surface area contributed by atoms with Crippen LogP contribution in [0.5, 0.6) is 5.75 Å². The van der Waals surface area contributed by atoms with Crippen LogP contribution >= 0.6 is 0 Å². The summed E-state index contributed by atoms with van der Waals surface area (Å²) in [4.78, 5) is 16.2. The number of rotatable bonds is 5. The highest BCUT2D eigenvalue weighted by Gasteiger charge is 2.07. The van der Waals surface area contributed by atoms with E-state index in [1.54, 1.807) is 13.3 Å². The molecule has 0 bridgehead atoms. The lowest BCUT2D eigenvalue weighted by Gasteiger charge is -2.06. The molecule has 1 aromatic heterocycles. The Kier molecular flexibility index (Phi) is 4.34. The van der Waals surface area contributed by atoms with Gasteiger partial charge in [0.15, 0.2) is 0 Å². The fourth-order valence-corrected chi connectivity index (χ4v) is 1.84. The highest BCUT2D eigenvalue weighted by atomic mass is 16.5. The molecule has 0 atom stereocenters. The molecule has 0 spiro atoms. The number of hydrogen-bond donors (Lipinski definition) is 1. The monoisotopic (exact) mass is 258 g/mol. The zero-order valence-corrected chi connectivity index (χ0v) is 11.3. The highest BCUT2D eigenvalue weighted by molar-refractivity contribution is 5.97. The average Bonchev–Trinajstić information content (AvgIpc) is 2.46. The number of hydrogen-bond acceptors (Lipinski definition) is 3. The molecule has 2 rings (SSSR count). The van der Waals surface area contributed by atoms with Gasteiger partial charge in [-0.3, -0.25) is 9.78 Å². The van der Waals surface area contributed by atoms with Gasteiger partial charge in [0.2, 0.25) is 0 Å². The standard InChI is InChI=1S/C15H18N2O2/c1-3-4-7-16-15(18)12-8-11-9-13(19-2)5-6-14(11)17-10-12/h5-6,8-10H,3-4,7H2,1-2H3,(H,16,18). The van der Waals surface area contributed by atoms with Crippen LogP contribution in [0, 0.1) is 0 Å². The summed E-state index contributed by atoms with van der Waals surface area (Å²) in [5.41, 5.74) is 1.43. The van der Waals surface area contributed by atoms with Crippen LogP contribution in [0.15, 0.2) is 30.5 Å². The second-order valence-electron chi connectivity index (χ2n) is 4.39. The van der Waals surface area contributed by atoms with Gasteiger partial charge in [-0.25, -0.2) is 0 Å². The number of aromatic nitrogens is 1. The minimum absolute atomic E-state index is 0.0781. The number of unbranched alkanes of at least 4 members (excludes halogenated alkanes) is 1. The first-order chi connectivity index (χ1) is 9.24. The molecule has 19 heavy (non-hydrogen) atoms. The first kappa shape index (κ1) is 13.3. The number of nitrogens with zero attached hydrogens (tertiary/aromatic N) is 1.